The molecular weight excluding hydrogens is 294 g/mol. The van der Waals surface area contributed by atoms with Crippen molar-refractivity contribution in [2.45, 2.75) is 0 Å². The lowest BCUT2D eigenvalue weighted by atomic mass is 10.1. The SMILES string of the molecule is COc1ccc(NC(=O)c2ccc(C(=O)O)cc2)cc1Cl. The van der Waals surface area contributed by atoms with Crippen LogP contribution in [0.3, 0.4) is 0 Å². The van der Waals surface area contributed by atoms with Crippen molar-refractivity contribution in [1.82, 2.24) is 0 Å². The molecule has 1 amide bonds. The Hall–Kier alpha value is -2.53. The average molecular weight is 306 g/mol. The van der Waals surface area contributed by atoms with Gasteiger partial charge in [-0.25, -0.2) is 4.79 Å². The molecule has 0 bridgehead atoms. The fraction of sp³-hybridized carbons (Fsp3) is 0.0667. The third kappa shape index (κ3) is 3.52. The third-order valence-electron chi connectivity index (χ3n) is 2.80. The Morgan fingerprint density at radius 3 is 2.24 bits per heavy atom. The highest BCUT2D eigenvalue weighted by molar-refractivity contribution is 6.32. The van der Waals surface area contributed by atoms with E-state index in [-0.39, 0.29) is 11.5 Å². The molecule has 0 radical (unpaired) electrons. The van der Waals surface area contributed by atoms with Crippen molar-refractivity contribution in [3.8, 4) is 5.75 Å². The van der Waals surface area contributed by atoms with E-state index in [1.165, 1.54) is 31.4 Å². The number of methoxy groups -OCH3 is 1. The smallest absolute Gasteiger partial charge is 0.335 e. The van der Waals surface area contributed by atoms with E-state index in [2.05, 4.69) is 5.32 Å². The molecular formula is C15H12ClNO4. The number of halogens is 1. The van der Waals surface area contributed by atoms with Crippen LogP contribution in [0, 0.1) is 0 Å². The second-order valence-electron chi connectivity index (χ2n) is 4.19. The summed E-state index contributed by atoms with van der Waals surface area (Å²) in [5, 5.41) is 11.9. The molecule has 0 aliphatic heterocycles. The molecule has 0 unspecified atom stereocenters. The Morgan fingerprint density at radius 2 is 1.71 bits per heavy atom. The first-order chi connectivity index (χ1) is 10.0. The van der Waals surface area contributed by atoms with Gasteiger partial charge < -0.3 is 15.2 Å². The number of carboxylic acids is 1. The maximum Gasteiger partial charge on any atom is 0.335 e. The molecule has 0 aliphatic rings. The van der Waals surface area contributed by atoms with Crippen LogP contribution in [0.15, 0.2) is 42.5 Å². The van der Waals surface area contributed by atoms with Crippen molar-refractivity contribution < 1.29 is 19.4 Å². The van der Waals surface area contributed by atoms with Gasteiger partial charge in [0.1, 0.15) is 5.75 Å². The van der Waals surface area contributed by atoms with E-state index < -0.39 is 5.97 Å². The summed E-state index contributed by atoms with van der Waals surface area (Å²) in [5.74, 6) is -0.877. The van der Waals surface area contributed by atoms with Gasteiger partial charge in [0.25, 0.3) is 5.91 Å². The molecule has 6 heteroatoms. The number of nitrogens with one attached hydrogen (secondary N) is 1. The summed E-state index contributed by atoms with van der Waals surface area (Å²) in [6, 6.07) is 10.5. The zero-order chi connectivity index (χ0) is 15.4. The van der Waals surface area contributed by atoms with Crippen molar-refractivity contribution in [3.63, 3.8) is 0 Å². The van der Waals surface area contributed by atoms with Crippen LogP contribution in [0.4, 0.5) is 5.69 Å². The topological polar surface area (TPSA) is 75.6 Å². The summed E-state index contributed by atoms with van der Waals surface area (Å²) in [6.45, 7) is 0. The molecule has 2 rings (SSSR count). The minimum atomic E-state index is -1.04. The molecule has 5 nitrogen and oxygen atoms in total. The van der Waals surface area contributed by atoms with Crippen molar-refractivity contribution in [1.29, 1.82) is 0 Å². The second-order valence-corrected chi connectivity index (χ2v) is 4.59. The number of hydrogen-bond acceptors (Lipinski definition) is 3. The fourth-order valence-corrected chi connectivity index (χ4v) is 1.97. The van der Waals surface area contributed by atoms with E-state index in [9.17, 15) is 9.59 Å². The van der Waals surface area contributed by atoms with Crippen molar-refractivity contribution in [3.05, 3.63) is 58.6 Å². The summed E-state index contributed by atoms with van der Waals surface area (Å²) in [7, 11) is 1.50. The summed E-state index contributed by atoms with van der Waals surface area (Å²) in [4.78, 5) is 22.8. The molecule has 0 atom stereocenters. The number of aromatic carboxylic acids is 1. The monoisotopic (exact) mass is 305 g/mol. The van der Waals surface area contributed by atoms with Gasteiger partial charge >= 0.3 is 5.97 Å². The highest BCUT2D eigenvalue weighted by Crippen LogP contribution is 2.27. The fourth-order valence-electron chi connectivity index (χ4n) is 1.71. The number of benzene rings is 2. The molecule has 2 aromatic carbocycles. The predicted octanol–water partition coefficient (Wildman–Crippen LogP) is 3.30. The van der Waals surface area contributed by atoms with E-state index in [1.807, 2.05) is 0 Å². The highest BCUT2D eigenvalue weighted by atomic mass is 35.5. The third-order valence-corrected chi connectivity index (χ3v) is 3.10. The normalized spacial score (nSPS) is 10.0. The number of ether oxygens (including phenoxy) is 1. The summed E-state index contributed by atoms with van der Waals surface area (Å²) in [6.07, 6.45) is 0. The number of carbonyl (C=O) groups excluding carboxylic acids is 1. The molecule has 0 heterocycles. The van der Waals surface area contributed by atoms with Gasteiger partial charge in [-0.05, 0) is 42.5 Å². The lowest BCUT2D eigenvalue weighted by molar-refractivity contribution is 0.0696. The van der Waals surface area contributed by atoms with Crippen LogP contribution in [0.25, 0.3) is 0 Å². The van der Waals surface area contributed by atoms with Crippen molar-refractivity contribution in [2.24, 2.45) is 0 Å². The Morgan fingerprint density at radius 1 is 1.10 bits per heavy atom. The van der Waals surface area contributed by atoms with E-state index in [0.717, 1.165) is 0 Å². The lowest BCUT2D eigenvalue weighted by Gasteiger charge is -2.08. The quantitative estimate of drug-likeness (QED) is 0.908. The first-order valence-corrected chi connectivity index (χ1v) is 6.37. The number of anilines is 1. The zero-order valence-corrected chi connectivity index (χ0v) is 11.8. The first-order valence-electron chi connectivity index (χ1n) is 5.99. The van der Waals surface area contributed by atoms with Gasteiger partial charge in [-0.2, -0.15) is 0 Å². The molecule has 2 N–H and O–H groups in total. The van der Waals surface area contributed by atoms with Crippen LogP contribution in [0.5, 0.6) is 5.75 Å². The van der Waals surface area contributed by atoms with Gasteiger partial charge in [0.05, 0.1) is 17.7 Å². The van der Waals surface area contributed by atoms with Gasteiger partial charge in [-0.3, -0.25) is 4.79 Å². The van der Waals surface area contributed by atoms with Gasteiger partial charge in [0.2, 0.25) is 0 Å². The maximum atomic E-state index is 12.0. The molecule has 108 valence electrons. The molecule has 0 aliphatic carbocycles. The van der Waals surface area contributed by atoms with Gasteiger partial charge in [-0.15, -0.1) is 0 Å². The van der Waals surface area contributed by atoms with Crippen LogP contribution >= 0.6 is 11.6 Å². The van der Waals surface area contributed by atoms with Gasteiger partial charge in [-0.1, -0.05) is 11.6 Å². The average Bonchev–Trinajstić information content (AvgIpc) is 2.47. The van der Waals surface area contributed by atoms with Gasteiger partial charge in [0, 0.05) is 11.3 Å². The molecule has 0 aromatic heterocycles. The van der Waals surface area contributed by atoms with E-state index >= 15 is 0 Å². The number of rotatable bonds is 4. The Balaban J connectivity index is 2.14. The maximum absolute atomic E-state index is 12.0. The Bertz CT molecular complexity index is 683. The molecule has 0 saturated heterocycles. The summed E-state index contributed by atoms with van der Waals surface area (Å²) in [5.41, 5.74) is 0.999. The standard InChI is InChI=1S/C15H12ClNO4/c1-21-13-7-6-11(8-12(13)16)17-14(18)9-2-4-10(5-3-9)15(19)20/h2-8H,1H3,(H,17,18)(H,19,20). The van der Waals surface area contributed by atoms with E-state index in [1.54, 1.807) is 18.2 Å². The van der Waals surface area contributed by atoms with Crippen molar-refractivity contribution >= 4 is 29.2 Å². The van der Waals surface area contributed by atoms with E-state index in [0.29, 0.717) is 22.0 Å². The Labute approximate surface area is 126 Å². The van der Waals surface area contributed by atoms with Crippen molar-refractivity contribution in [2.75, 3.05) is 12.4 Å². The number of carboxylic acid groups (broad SMARTS) is 1. The second kappa shape index (κ2) is 6.28. The largest absolute Gasteiger partial charge is 0.495 e. The van der Waals surface area contributed by atoms with Gasteiger partial charge in [0.15, 0.2) is 0 Å². The lowest BCUT2D eigenvalue weighted by Crippen LogP contribution is -2.12. The summed E-state index contributed by atoms with van der Waals surface area (Å²) >= 11 is 5.97. The molecule has 21 heavy (non-hydrogen) atoms. The number of carbonyl (C=O) groups is 2. The highest BCUT2D eigenvalue weighted by Gasteiger charge is 2.09. The first kappa shape index (κ1) is 14.9. The molecule has 0 saturated carbocycles. The molecule has 0 fully saturated rings. The summed E-state index contributed by atoms with van der Waals surface area (Å²) < 4.78 is 5.02. The van der Waals surface area contributed by atoms with Crippen LogP contribution in [-0.2, 0) is 0 Å². The van der Waals surface area contributed by atoms with Crippen LogP contribution in [-0.4, -0.2) is 24.1 Å². The minimum absolute atomic E-state index is 0.124. The predicted molar refractivity (Wildman–Crippen MR) is 79.4 cm³/mol. The van der Waals surface area contributed by atoms with Crippen LogP contribution in [0.2, 0.25) is 5.02 Å². The van der Waals surface area contributed by atoms with E-state index in [4.69, 9.17) is 21.4 Å². The van der Waals surface area contributed by atoms with Crippen LogP contribution in [0.1, 0.15) is 20.7 Å². The zero-order valence-electron chi connectivity index (χ0n) is 11.1. The number of amides is 1. The molecule has 2 aromatic rings. The minimum Gasteiger partial charge on any atom is -0.495 e. The van der Waals surface area contributed by atoms with Crippen LogP contribution < -0.4 is 10.1 Å². The Kier molecular flexibility index (Phi) is 4.45. The number of hydrogen-bond donors (Lipinski definition) is 2. The molecule has 0 spiro atoms.